The monoisotopic (exact) mass is 247 g/mol. The number of para-hydroxylation sites is 2. The first-order valence-corrected chi connectivity index (χ1v) is 5.89. The fourth-order valence-electron chi connectivity index (χ4n) is 1.68. The van der Waals surface area contributed by atoms with E-state index in [4.69, 9.17) is 4.74 Å². The minimum Gasteiger partial charge on any atom is -0.372 e. The largest absolute Gasteiger partial charge is 0.372 e. The van der Waals surface area contributed by atoms with Crippen molar-refractivity contribution in [1.29, 1.82) is 0 Å². The van der Waals surface area contributed by atoms with Crippen LogP contribution in [-0.4, -0.2) is 29.1 Å². The van der Waals surface area contributed by atoms with Gasteiger partial charge in [-0.25, -0.2) is 4.98 Å². The summed E-state index contributed by atoms with van der Waals surface area (Å²) in [4.78, 5) is 19.3. The number of carbonyl (C=O) groups is 1. The number of fused-ring (bicyclic) bond motifs is 1. The number of methoxy groups -OCH3 is 1. The van der Waals surface area contributed by atoms with Crippen molar-refractivity contribution in [1.82, 2.24) is 15.3 Å². The number of ether oxygens (including phenoxy) is 1. The highest BCUT2D eigenvalue weighted by molar-refractivity contribution is 5.81. The average Bonchev–Trinajstić information content (AvgIpc) is 2.81. The van der Waals surface area contributed by atoms with Crippen LogP contribution in [0.3, 0.4) is 0 Å². The van der Waals surface area contributed by atoms with Crippen LogP contribution >= 0.6 is 0 Å². The van der Waals surface area contributed by atoms with Gasteiger partial charge in [0.2, 0.25) is 5.91 Å². The van der Waals surface area contributed by atoms with Crippen molar-refractivity contribution in [2.45, 2.75) is 26.0 Å². The highest BCUT2D eigenvalue weighted by Gasteiger charge is 2.17. The van der Waals surface area contributed by atoms with E-state index in [1.54, 1.807) is 6.92 Å². The molecule has 0 saturated carbocycles. The molecule has 2 N–H and O–H groups in total. The quantitative estimate of drug-likeness (QED) is 0.865. The molecule has 96 valence electrons. The summed E-state index contributed by atoms with van der Waals surface area (Å²) in [7, 11) is 1.51. The first-order chi connectivity index (χ1) is 8.61. The van der Waals surface area contributed by atoms with Gasteiger partial charge in [-0.05, 0) is 26.0 Å². The predicted octanol–water partition coefficient (Wildman–Crippen LogP) is 1.78. The highest BCUT2D eigenvalue weighted by Crippen LogP contribution is 2.15. The van der Waals surface area contributed by atoms with Gasteiger partial charge in [-0.1, -0.05) is 12.1 Å². The molecule has 2 atom stereocenters. The van der Waals surface area contributed by atoms with E-state index in [9.17, 15) is 4.79 Å². The number of H-pyrrole nitrogens is 1. The Morgan fingerprint density at radius 2 is 2.11 bits per heavy atom. The van der Waals surface area contributed by atoms with Crippen molar-refractivity contribution in [3.05, 3.63) is 30.1 Å². The number of aromatic nitrogens is 2. The summed E-state index contributed by atoms with van der Waals surface area (Å²) < 4.78 is 4.96. The predicted molar refractivity (Wildman–Crippen MR) is 69.1 cm³/mol. The summed E-state index contributed by atoms with van der Waals surface area (Å²) in [5, 5.41) is 2.85. The van der Waals surface area contributed by atoms with Crippen LogP contribution in [0, 0.1) is 0 Å². The van der Waals surface area contributed by atoms with Crippen LogP contribution in [0.5, 0.6) is 0 Å². The highest BCUT2D eigenvalue weighted by atomic mass is 16.5. The molecule has 2 aromatic rings. The Morgan fingerprint density at radius 1 is 1.39 bits per heavy atom. The average molecular weight is 247 g/mol. The Bertz CT molecular complexity index is 517. The Morgan fingerprint density at radius 3 is 2.78 bits per heavy atom. The molecule has 0 aliphatic heterocycles. The van der Waals surface area contributed by atoms with E-state index >= 15 is 0 Å². The number of hydrogen-bond donors (Lipinski definition) is 2. The van der Waals surface area contributed by atoms with Crippen LogP contribution in [-0.2, 0) is 9.53 Å². The van der Waals surface area contributed by atoms with Gasteiger partial charge >= 0.3 is 0 Å². The van der Waals surface area contributed by atoms with E-state index in [1.165, 1.54) is 7.11 Å². The van der Waals surface area contributed by atoms with E-state index in [1.807, 2.05) is 31.2 Å². The first kappa shape index (κ1) is 12.6. The molecule has 5 heteroatoms. The third-order valence-electron chi connectivity index (χ3n) is 2.90. The molecule has 18 heavy (non-hydrogen) atoms. The fraction of sp³-hybridized carbons (Fsp3) is 0.385. The van der Waals surface area contributed by atoms with E-state index in [-0.39, 0.29) is 11.9 Å². The molecular formula is C13H17N3O2. The number of benzene rings is 1. The van der Waals surface area contributed by atoms with Crippen molar-refractivity contribution >= 4 is 16.9 Å². The number of rotatable bonds is 4. The van der Waals surface area contributed by atoms with Crippen molar-refractivity contribution in [2.24, 2.45) is 0 Å². The molecule has 0 spiro atoms. The zero-order valence-electron chi connectivity index (χ0n) is 10.7. The third-order valence-corrected chi connectivity index (χ3v) is 2.90. The van der Waals surface area contributed by atoms with E-state index in [2.05, 4.69) is 15.3 Å². The smallest absolute Gasteiger partial charge is 0.249 e. The van der Waals surface area contributed by atoms with Gasteiger partial charge in [0.25, 0.3) is 0 Å². The number of nitrogens with zero attached hydrogens (tertiary/aromatic N) is 1. The maximum Gasteiger partial charge on any atom is 0.249 e. The minimum absolute atomic E-state index is 0.148. The molecule has 0 unspecified atom stereocenters. The topological polar surface area (TPSA) is 67.0 Å². The van der Waals surface area contributed by atoms with E-state index < -0.39 is 6.10 Å². The lowest BCUT2D eigenvalue weighted by Crippen LogP contribution is -2.35. The summed E-state index contributed by atoms with van der Waals surface area (Å²) >= 11 is 0. The zero-order valence-corrected chi connectivity index (χ0v) is 10.7. The SMILES string of the molecule is CO[C@@H](C)C(=O)N[C@@H](C)c1nc2ccccc2[nH]1. The summed E-state index contributed by atoms with van der Waals surface area (Å²) in [6.45, 7) is 3.60. The Hall–Kier alpha value is -1.88. The second kappa shape index (κ2) is 5.18. The van der Waals surface area contributed by atoms with Crippen LogP contribution < -0.4 is 5.32 Å². The standard InChI is InChI=1S/C13H17N3O2/c1-8(14-13(17)9(2)18-3)12-15-10-6-4-5-7-11(10)16-12/h4-9H,1-3H3,(H,14,17)(H,15,16)/t8-,9-/m0/s1. The second-order valence-electron chi connectivity index (χ2n) is 4.25. The van der Waals surface area contributed by atoms with Crippen molar-refractivity contribution < 1.29 is 9.53 Å². The Balaban J connectivity index is 2.13. The molecular weight excluding hydrogens is 230 g/mol. The molecule has 1 aromatic carbocycles. The number of nitrogens with one attached hydrogen (secondary N) is 2. The van der Waals surface area contributed by atoms with Crippen LogP contribution in [0.4, 0.5) is 0 Å². The molecule has 0 aliphatic rings. The van der Waals surface area contributed by atoms with Gasteiger partial charge in [-0.15, -0.1) is 0 Å². The summed E-state index contributed by atoms with van der Waals surface area (Å²) in [6.07, 6.45) is -0.461. The van der Waals surface area contributed by atoms with Crippen LogP contribution in [0.2, 0.25) is 0 Å². The maximum absolute atomic E-state index is 11.7. The van der Waals surface area contributed by atoms with Gasteiger partial charge < -0.3 is 15.0 Å². The molecule has 1 amide bonds. The number of amides is 1. The van der Waals surface area contributed by atoms with Crippen molar-refractivity contribution in [3.63, 3.8) is 0 Å². The molecule has 0 saturated heterocycles. The number of hydrogen-bond acceptors (Lipinski definition) is 3. The van der Waals surface area contributed by atoms with Crippen LogP contribution in [0.1, 0.15) is 25.7 Å². The third kappa shape index (κ3) is 2.51. The molecule has 0 bridgehead atoms. The Labute approximate surface area is 106 Å². The maximum atomic E-state index is 11.7. The van der Waals surface area contributed by atoms with Gasteiger partial charge in [-0.3, -0.25) is 4.79 Å². The summed E-state index contributed by atoms with van der Waals surface area (Å²) in [6, 6.07) is 7.59. The fourth-order valence-corrected chi connectivity index (χ4v) is 1.68. The molecule has 0 fully saturated rings. The van der Waals surface area contributed by atoms with E-state index in [0.717, 1.165) is 16.9 Å². The number of carbonyl (C=O) groups excluding carboxylic acids is 1. The number of aromatic amines is 1. The first-order valence-electron chi connectivity index (χ1n) is 5.89. The number of imidazole rings is 1. The lowest BCUT2D eigenvalue weighted by atomic mass is 10.3. The molecule has 1 aromatic heterocycles. The van der Waals surface area contributed by atoms with Gasteiger partial charge in [0.05, 0.1) is 17.1 Å². The summed E-state index contributed by atoms with van der Waals surface area (Å²) in [5.41, 5.74) is 1.86. The van der Waals surface area contributed by atoms with Crippen LogP contribution in [0.15, 0.2) is 24.3 Å². The summed E-state index contributed by atoms with van der Waals surface area (Å²) in [5.74, 6) is 0.596. The van der Waals surface area contributed by atoms with Crippen molar-refractivity contribution in [2.75, 3.05) is 7.11 Å². The van der Waals surface area contributed by atoms with Gasteiger partial charge in [-0.2, -0.15) is 0 Å². The molecule has 1 heterocycles. The lowest BCUT2D eigenvalue weighted by Gasteiger charge is -2.14. The zero-order chi connectivity index (χ0) is 13.1. The van der Waals surface area contributed by atoms with Gasteiger partial charge in [0.15, 0.2) is 0 Å². The molecule has 0 aliphatic carbocycles. The Kier molecular flexibility index (Phi) is 3.62. The lowest BCUT2D eigenvalue weighted by molar-refractivity contribution is -0.130. The second-order valence-corrected chi connectivity index (χ2v) is 4.25. The normalized spacial score (nSPS) is 14.4. The van der Waals surface area contributed by atoms with Crippen LogP contribution in [0.25, 0.3) is 11.0 Å². The molecule has 0 radical (unpaired) electrons. The van der Waals surface area contributed by atoms with Crippen molar-refractivity contribution in [3.8, 4) is 0 Å². The molecule has 2 rings (SSSR count). The van der Waals surface area contributed by atoms with Gasteiger partial charge in [0, 0.05) is 7.11 Å². The van der Waals surface area contributed by atoms with Gasteiger partial charge in [0.1, 0.15) is 11.9 Å². The molecule has 5 nitrogen and oxygen atoms in total. The van der Waals surface area contributed by atoms with E-state index in [0.29, 0.717) is 0 Å². The minimum atomic E-state index is -0.461.